The minimum Gasteiger partial charge on any atom is -0.318 e. The zero-order chi connectivity index (χ0) is 14.2. The van der Waals surface area contributed by atoms with Crippen LogP contribution in [0.2, 0.25) is 0 Å². The molecule has 0 radical (unpaired) electrons. The van der Waals surface area contributed by atoms with Gasteiger partial charge in [-0.1, -0.05) is 26.8 Å². The molecule has 1 heterocycles. The number of carbonyl (C=O) groups is 2. The zero-order valence-corrected chi connectivity index (χ0v) is 11.9. The SMILES string of the molecule is CNCCN1C(=O)c2ccc(C(C)(C)C)cc2C1=O. The normalized spacial score (nSPS) is 15.1. The van der Waals surface area contributed by atoms with Crippen LogP contribution in [-0.4, -0.2) is 36.9 Å². The maximum absolute atomic E-state index is 12.3. The van der Waals surface area contributed by atoms with E-state index < -0.39 is 0 Å². The minimum atomic E-state index is -0.185. The monoisotopic (exact) mass is 260 g/mol. The Hall–Kier alpha value is -1.68. The summed E-state index contributed by atoms with van der Waals surface area (Å²) in [5, 5.41) is 2.95. The van der Waals surface area contributed by atoms with Crippen LogP contribution in [0.4, 0.5) is 0 Å². The lowest BCUT2D eigenvalue weighted by Gasteiger charge is -2.19. The Morgan fingerprint density at radius 2 is 1.74 bits per heavy atom. The van der Waals surface area contributed by atoms with Crippen molar-refractivity contribution in [3.05, 3.63) is 34.9 Å². The molecule has 0 fully saturated rings. The first-order valence-electron chi connectivity index (χ1n) is 6.51. The lowest BCUT2D eigenvalue weighted by atomic mass is 9.85. The Kier molecular flexibility index (Phi) is 3.45. The first-order chi connectivity index (χ1) is 8.86. The average molecular weight is 260 g/mol. The standard InChI is InChI=1S/C15H20N2O2/c1-15(2,3)10-5-6-11-12(9-10)14(19)17(13(11)18)8-7-16-4/h5-6,9,16H,7-8H2,1-4H3. The molecule has 0 saturated heterocycles. The van der Waals surface area contributed by atoms with Crippen LogP contribution in [-0.2, 0) is 5.41 Å². The molecular weight excluding hydrogens is 240 g/mol. The molecule has 4 heteroatoms. The van der Waals surface area contributed by atoms with Gasteiger partial charge in [0, 0.05) is 13.1 Å². The largest absolute Gasteiger partial charge is 0.318 e. The van der Waals surface area contributed by atoms with Gasteiger partial charge in [-0.05, 0) is 30.2 Å². The summed E-state index contributed by atoms with van der Waals surface area (Å²) >= 11 is 0. The molecular formula is C15H20N2O2. The number of fused-ring (bicyclic) bond motifs is 1. The molecule has 102 valence electrons. The van der Waals surface area contributed by atoms with Crippen LogP contribution in [0.3, 0.4) is 0 Å². The third kappa shape index (κ3) is 2.40. The topological polar surface area (TPSA) is 49.4 Å². The first-order valence-corrected chi connectivity index (χ1v) is 6.51. The molecule has 0 saturated carbocycles. The molecule has 4 nitrogen and oxygen atoms in total. The molecule has 0 atom stereocenters. The fourth-order valence-corrected chi connectivity index (χ4v) is 2.18. The quantitative estimate of drug-likeness (QED) is 0.843. The number of carbonyl (C=O) groups excluding carboxylic acids is 2. The van der Waals surface area contributed by atoms with Crippen LogP contribution in [0.25, 0.3) is 0 Å². The highest BCUT2D eigenvalue weighted by molar-refractivity contribution is 6.21. The zero-order valence-electron chi connectivity index (χ0n) is 11.9. The predicted octanol–water partition coefficient (Wildman–Crippen LogP) is 1.80. The van der Waals surface area contributed by atoms with Gasteiger partial charge < -0.3 is 5.32 Å². The number of rotatable bonds is 3. The van der Waals surface area contributed by atoms with Crippen molar-refractivity contribution < 1.29 is 9.59 Å². The van der Waals surface area contributed by atoms with Gasteiger partial charge in [0.1, 0.15) is 0 Å². The molecule has 0 bridgehead atoms. The molecule has 0 spiro atoms. The maximum atomic E-state index is 12.3. The van der Waals surface area contributed by atoms with E-state index in [1.807, 2.05) is 12.1 Å². The van der Waals surface area contributed by atoms with E-state index in [1.54, 1.807) is 13.1 Å². The molecule has 2 amide bonds. The van der Waals surface area contributed by atoms with Crippen molar-refractivity contribution in [3.63, 3.8) is 0 Å². The van der Waals surface area contributed by atoms with Crippen molar-refractivity contribution in [1.29, 1.82) is 0 Å². The van der Waals surface area contributed by atoms with E-state index in [2.05, 4.69) is 26.1 Å². The highest BCUT2D eigenvalue weighted by Crippen LogP contribution is 2.29. The highest BCUT2D eigenvalue weighted by atomic mass is 16.2. The van der Waals surface area contributed by atoms with Gasteiger partial charge in [0.05, 0.1) is 11.1 Å². The van der Waals surface area contributed by atoms with Crippen molar-refractivity contribution in [2.24, 2.45) is 0 Å². The lowest BCUT2D eigenvalue weighted by Crippen LogP contribution is -2.35. The van der Waals surface area contributed by atoms with Gasteiger partial charge in [-0.3, -0.25) is 14.5 Å². The number of hydrogen-bond donors (Lipinski definition) is 1. The molecule has 2 rings (SSSR count). The van der Waals surface area contributed by atoms with Crippen molar-refractivity contribution in [3.8, 4) is 0 Å². The van der Waals surface area contributed by atoms with Crippen molar-refractivity contribution in [2.45, 2.75) is 26.2 Å². The van der Waals surface area contributed by atoms with Gasteiger partial charge in [-0.15, -0.1) is 0 Å². The van der Waals surface area contributed by atoms with E-state index in [-0.39, 0.29) is 17.2 Å². The Morgan fingerprint density at radius 3 is 2.32 bits per heavy atom. The van der Waals surface area contributed by atoms with E-state index in [1.165, 1.54) is 4.90 Å². The Morgan fingerprint density at radius 1 is 1.11 bits per heavy atom. The van der Waals surface area contributed by atoms with Crippen molar-refractivity contribution >= 4 is 11.8 Å². The molecule has 0 aliphatic carbocycles. The van der Waals surface area contributed by atoms with Crippen molar-refractivity contribution in [1.82, 2.24) is 10.2 Å². The van der Waals surface area contributed by atoms with Crippen LogP contribution in [0.5, 0.6) is 0 Å². The third-order valence-corrected chi connectivity index (χ3v) is 3.42. The summed E-state index contributed by atoms with van der Waals surface area (Å²) in [6.07, 6.45) is 0. The third-order valence-electron chi connectivity index (χ3n) is 3.42. The maximum Gasteiger partial charge on any atom is 0.261 e. The molecule has 0 unspecified atom stereocenters. The van der Waals surface area contributed by atoms with Crippen LogP contribution >= 0.6 is 0 Å². The smallest absolute Gasteiger partial charge is 0.261 e. The van der Waals surface area contributed by atoms with E-state index in [0.29, 0.717) is 24.2 Å². The number of nitrogens with one attached hydrogen (secondary N) is 1. The number of nitrogens with zero attached hydrogens (tertiary/aromatic N) is 1. The van der Waals surface area contributed by atoms with Crippen LogP contribution in [0.1, 0.15) is 47.1 Å². The number of benzene rings is 1. The van der Waals surface area contributed by atoms with Gasteiger partial charge in [-0.2, -0.15) is 0 Å². The summed E-state index contributed by atoms with van der Waals surface area (Å²) < 4.78 is 0. The average Bonchev–Trinajstić information content (AvgIpc) is 2.59. The first kappa shape index (κ1) is 13.7. The molecule has 1 aliphatic rings. The second kappa shape index (κ2) is 4.78. The molecule has 0 aromatic heterocycles. The van der Waals surface area contributed by atoms with Gasteiger partial charge in [-0.25, -0.2) is 0 Å². The fraction of sp³-hybridized carbons (Fsp3) is 0.467. The minimum absolute atomic E-state index is 0.0310. The summed E-state index contributed by atoms with van der Waals surface area (Å²) in [4.78, 5) is 25.7. The summed E-state index contributed by atoms with van der Waals surface area (Å²) in [6.45, 7) is 7.30. The number of amides is 2. The number of hydrogen-bond acceptors (Lipinski definition) is 3. The summed E-state index contributed by atoms with van der Waals surface area (Å²) in [5.41, 5.74) is 2.10. The second-order valence-electron chi connectivity index (χ2n) is 5.88. The molecule has 1 N–H and O–H groups in total. The molecule has 1 aliphatic heterocycles. The second-order valence-corrected chi connectivity index (χ2v) is 5.88. The van der Waals surface area contributed by atoms with Crippen molar-refractivity contribution in [2.75, 3.05) is 20.1 Å². The Balaban J connectivity index is 2.37. The van der Waals surface area contributed by atoms with E-state index in [4.69, 9.17) is 0 Å². The summed E-state index contributed by atoms with van der Waals surface area (Å²) in [7, 11) is 1.80. The van der Waals surface area contributed by atoms with Gasteiger partial charge in [0.2, 0.25) is 0 Å². The Bertz CT molecular complexity index is 529. The van der Waals surface area contributed by atoms with Crippen LogP contribution in [0.15, 0.2) is 18.2 Å². The van der Waals surface area contributed by atoms with E-state index in [9.17, 15) is 9.59 Å². The highest BCUT2D eigenvalue weighted by Gasteiger charge is 2.35. The summed E-state index contributed by atoms with van der Waals surface area (Å²) in [6, 6.07) is 5.57. The van der Waals surface area contributed by atoms with E-state index in [0.717, 1.165) is 5.56 Å². The van der Waals surface area contributed by atoms with Crippen LogP contribution in [0, 0.1) is 0 Å². The Labute approximate surface area is 113 Å². The van der Waals surface area contributed by atoms with Gasteiger partial charge >= 0.3 is 0 Å². The fourth-order valence-electron chi connectivity index (χ4n) is 2.18. The van der Waals surface area contributed by atoms with E-state index >= 15 is 0 Å². The summed E-state index contributed by atoms with van der Waals surface area (Å²) in [5.74, 6) is -0.364. The van der Waals surface area contributed by atoms with Crippen LogP contribution < -0.4 is 5.32 Å². The molecule has 1 aromatic carbocycles. The molecule has 1 aromatic rings. The molecule has 19 heavy (non-hydrogen) atoms. The number of imide groups is 1. The van der Waals surface area contributed by atoms with Gasteiger partial charge in [0.15, 0.2) is 0 Å². The number of likely N-dealkylation sites (N-methyl/N-ethyl adjacent to an activating group) is 1. The van der Waals surface area contributed by atoms with Gasteiger partial charge in [0.25, 0.3) is 11.8 Å². The lowest BCUT2D eigenvalue weighted by molar-refractivity contribution is 0.0656. The predicted molar refractivity (Wildman–Crippen MR) is 74.4 cm³/mol.